The zero-order valence-electron chi connectivity index (χ0n) is 21.5. The number of carbonyl (C=O) groups excluding carboxylic acids is 1. The summed E-state index contributed by atoms with van der Waals surface area (Å²) < 4.78 is 5.53. The third-order valence-electron chi connectivity index (χ3n) is 7.75. The van der Waals surface area contributed by atoms with Gasteiger partial charge in [-0.05, 0) is 61.8 Å². The van der Waals surface area contributed by atoms with E-state index in [1.807, 2.05) is 19.9 Å². The van der Waals surface area contributed by atoms with Gasteiger partial charge < -0.3 is 15.8 Å². The Kier molecular flexibility index (Phi) is 9.16. The highest BCUT2D eigenvalue weighted by Crippen LogP contribution is 2.32. The van der Waals surface area contributed by atoms with Crippen LogP contribution in [0.25, 0.3) is 11.1 Å². The molecule has 190 valence electrons. The van der Waals surface area contributed by atoms with E-state index in [4.69, 9.17) is 10.5 Å². The third kappa shape index (κ3) is 6.42. The van der Waals surface area contributed by atoms with Crippen LogP contribution in [0.3, 0.4) is 0 Å². The van der Waals surface area contributed by atoms with E-state index in [2.05, 4.69) is 39.5 Å². The summed E-state index contributed by atoms with van der Waals surface area (Å²) in [7, 11) is 0. The van der Waals surface area contributed by atoms with Crippen LogP contribution in [-0.4, -0.2) is 54.2 Å². The molecular formula is C29H42N4O2. The largest absolute Gasteiger partial charge is 0.383 e. The molecule has 2 saturated heterocycles. The highest BCUT2D eigenvalue weighted by molar-refractivity contribution is 5.99. The zero-order valence-corrected chi connectivity index (χ0v) is 21.5. The van der Waals surface area contributed by atoms with E-state index >= 15 is 0 Å². The topological polar surface area (TPSA) is 80.5 Å². The molecule has 2 aromatic rings. The first-order valence-electron chi connectivity index (χ1n) is 13.7. The molecule has 1 aromatic heterocycles. The van der Waals surface area contributed by atoms with Crippen molar-refractivity contribution in [3.63, 3.8) is 0 Å². The summed E-state index contributed by atoms with van der Waals surface area (Å²) in [5.41, 5.74) is 9.94. The van der Waals surface area contributed by atoms with E-state index in [1.54, 1.807) is 6.20 Å². The number of hydrogen-bond donors (Lipinski definition) is 2. The van der Waals surface area contributed by atoms with Crippen LogP contribution in [0.1, 0.15) is 87.1 Å². The number of ether oxygens (including phenoxy) is 1. The fourth-order valence-corrected chi connectivity index (χ4v) is 5.71. The summed E-state index contributed by atoms with van der Waals surface area (Å²) in [4.78, 5) is 19.8. The van der Waals surface area contributed by atoms with Gasteiger partial charge in [0.2, 0.25) is 0 Å². The molecule has 1 unspecified atom stereocenters. The molecule has 3 N–H and O–H groups in total. The number of nitrogens with zero attached hydrogens (tertiary/aromatic N) is 2. The van der Waals surface area contributed by atoms with E-state index in [0.29, 0.717) is 23.3 Å². The molecule has 3 fully saturated rings. The van der Waals surface area contributed by atoms with E-state index in [-0.39, 0.29) is 11.9 Å². The van der Waals surface area contributed by atoms with Gasteiger partial charge in [-0.15, -0.1) is 0 Å². The summed E-state index contributed by atoms with van der Waals surface area (Å²) >= 11 is 0. The molecule has 3 aliphatic rings. The predicted octanol–water partition coefficient (Wildman–Crippen LogP) is 5.39. The first kappa shape index (κ1) is 25.6. The highest BCUT2D eigenvalue weighted by atomic mass is 16.5. The number of benzene rings is 1. The Balaban J connectivity index is 0.00000141. The number of anilines is 1. The molecule has 6 nitrogen and oxygen atoms in total. The van der Waals surface area contributed by atoms with Crippen molar-refractivity contribution in [1.29, 1.82) is 0 Å². The van der Waals surface area contributed by atoms with Crippen LogP contribution in [0.2, 0.25) is 0 Å². The van der Waals surface area contributed by atoms with Gasteiger partial charge in [0.15, 0.2) is 0 Å². The number of nitrogen functional groups attached to an aromatic ring is 1. The number of carbonyl (C=O) groups is 1. The Morgan fingerprint density at radius 3 is 2.43 bits per heavy atom. The van der Waals surface area contributed by atoms with Crippen molar-refractivity contribution in [3.8, 4) is 11.1 Å². The van der Waals surface area contributed by atoms with Gasteiger partial charge in [0.25, 0.3) is 5.91 Å². The lowest BCUT2D eigenvalue weighted by Crippen LogP contribution is -2.37. The molecule has 1 aliphatic carbocycles. The molecule has 35 heavy (non-hydrogen) atoms. The van der Waals surface area contributed by atoms with E-state index in [9.17, 15) is 4.79 Å². The Labute approximate surface area is 210 Å². The lowest BCUT2D eigenvalue weighted by Gasteiger charge is -2.31. The maximum absolute atomic E-state index is 12.9. The average Bonchev–Trinajstić information content (AvgIpc) is 3.42. The van der Waals surface area contributed by atoms with Gasteiger partial charge >= 0.3 is 0 Å². The van der Waals surface area contributed by atoms with E-state index in [1.165, 1.54) is 37.8 Å². The molecule has 5 rings (SSSR count). The molecule has 2 aliphatic heterocycles. The molecule has 1 amide bonds. The van der Waals surface area contributed by atoms with Gasteiger partial charge in [-0.2, -0.15) is 0 Å². The summed E-state index contributed by atoms with van der Waals surface area (Å²) in [6.07, 6.45) is 11.0. The monoisotopic (exact) mass is 478 g/mol. The number of rotatable bonds is 5. The van der Waals surface area contributed by atoms with Crippen LogP contribution in [0, 0.1) is 0 Å². The Hall–Kier alpha value is -2.44. The van der Waals surface area contributed by atoms with Gasteiger partial charge in [0, 0.05) is 43.6 Å². The first-order valence-corrected chi connectivity index (χ1v) is 13.7. The van der Waals surface area contributed by atoms with Crippen LogP contribution in [0.4, 0.5) is 5.82 Å². The van der Waals surface area contributed by atoms with Crippen LogP contribution in [-0.2, 0) is 4.74 Å². The Morgan fingerprint density at radius 2 is 1.71 bits per heavy atom. The summed E-state index contributed by atoms with van der Waals surface area (Å²) in [5, 5.41) is 3.16. The van der Waals surface area contributed by atoms with E-state index < -0.39 is 0 Å². The molecule has 6 heteroatoms. The van der Waals surface area contributed by atoms with Crippen molar-refractivity contribution in [3.05, 3.63) is 47.7 Å². The lowest BCUT2D eigenvalue weighted by molar-refractivity contribution is 0.0419. The maximum Gasteiger partial charge on any atom is 0.255 e. The first-order chi connectivity index (χ1) is 17.2. The van der Waals surface area contributed by atoms with Crippen molar-refractivity contribution in [2.45, 2.75) is 83.2 Å². The van der Waals surface area contributed by atoms with Crippen LogP contribution in [0.5, 0.6) is 0 Å². The van der Waals surface area contributed by atoms with Gasteiger partial charge in [-0.1, -0.05) is 57.4 Å². The second kappa shape index (κ2) is 12.5. The van der Waals surface area contributed by atoms with Crippen LogP contribution in [0.15, 0.2) is 36.5 Å². The minimum absolute atomic E-state index is 0.107. The van der Waals surface area contributed by atoms with Crippen molar-refractivity contribution in [2.24, 2.45) is 0 Å². The summed E-state index contributed by atoms with van der Waals surface area (Å²) in [5.74, 6) is 0.774. The molecule has 1 aromatic carbocycles. The van der Waals surface area contributed by atoms with Crippen molar-refractivity contribution < 1.29 is 9.53 Å². The standard InChI is InChI=1S/C27H36N4O2.C2H6/c28-26-25(27(32)30-23-4-2-1-3-5-23)16-22(17-29-26)20-8-6-19(7-9-20)21-10-13-31(18-21)24-11-14-33-15-12-24;1-2/h6-9,16-17,21,23-24H,1-5,10-15,18H2,(H2,28,29)(H,30,32);1-2H3. The minimum atomic E-state index is -0.107. The van der Waals surface area contributed by atoms with Gasteiger partial charge in [0.1, 0.15) is 5.82 Å². The normalized spacial score (nSPS) is 21.8. The van der Waals surface area contributed by atoms with Crippen LogP contribution >= 0.6 is 0 Å². The number of amides is 1. The molecule has 1 atom stereocenters. The second-order valence-corrected chi connectivity index (χ2v) is 9.91. The van der Waals surface area contributed by atoms with Crippen molar-refractivity contribution >= 4 is 11.7 Å². The third-order valence-corrected chi connectivity index (χ3v) is 7.75. The molecule has 0 bridgehead atoms. The van der Waals surface area contributed by atoms with Crippen molar-refractivity contribution in [1.82, 2.24) is 15.2 Å². The SMILES string of the molecule is CC.Nc1ncc(-c2ccc(C3CCN(C4CCOCC4)C3)cc2)cc1C(=O)NC1CCCCC1. The number of pyridine rings is 1. The molecule has 1 saturated carbocycles. The second-order valence-electron chi connectivity index (χ2n) is 9.91. The number of likely N-dealkylation sites (tertiary alicyclic amines) is 1. The maximum atomic E-state index is 12.9. The fraction of sp³-hybridized carbons (Fsp3) is 0.586. The smallest absolute Gasteiger partial charge is 0.255 e. The van der Waals surface area contributed by atoms with E-state index in [0.717, 1.165) is 56.6 Å². The Bertz CT molecular complexity index is 950. The molecule has 0 radical (unpaired) electrons. The molecule has 0 spiro atoms. The lowest BCUT2D eigenvalue weighted by atomic mass is 9.94. The number of hydrogen-bond acceptors (Lipinski definition) is 5. The van der Waals surface area contributed by atoms with Crippen LogP contribution < -0.4 is 11.1 Å². The average molecular weight is 479 g/mol. The van der Waals surface area contributed by atoms with Gasteiger partial charge in [-0.3, -0.25) is 9.69 Å². The minimum Gasteiger partial charge on any atom is -0.383 e. The highest BCUT2D eigenvalue weighted by Gasteiger charge is 2.30. The summed E-state index contributed by atoms with van der Waals surface area (Å²) in [6.45, 7) is 8.12. The molecule has 3 heterocycles. The fourth-order valence-electron chi connectivity index (χ4n) is 5.71. The number of nitrogens with two attached hydrogens (primary N) is 1. The number of aromatic nitrogens is 1. The van der Waals surface area contributed by atoms with Gasteiger partial charge in [-0.25, -0.2) is 4.98 Å². The van der Waals surface area contributed by atoms with Crippen molar-refractivity contribution in [2.75, 3.05) is 32.0 Å². The predicted molar refractivity (Wildman–Crippen MR) is 143 cm³/mol. The van der Waals surface area contributed by atoms with Gasteiger partial charge in [0.05, 0.1) is 5.56 Å². The Morgan fingerprint density at radius 1 is 1.00 bits per heavy atom. The summed E-state index contributed by atoms with van der Waals surface area (Å²) in [6, 6.07) is 11.6. The number of nitrogens with one attached hydrogen (secondary N) is 1. The zero-order chi connectivity index (χ0) is 24.6. The quantitative estimate of drug-likeness (QED) is 0.602. The molecular weight excluding hydrogens is 436 g/mol.